The van der Waals surface area contributed by atoms with Gasteiger partial charge in [-0.2, -0.15) is 0 Å². The SMILES string of the molecule is COCCOCCC(CCOCCOC)c1cc(O)c(C(c2cccc(NC(=O)OCc3ccccc3)c2)C2CC2)c(=O)o1. The Morgan fingerprint density at radius 1 is 0.909 bits per heavy atom. The number of anilines is 1. The number of ether oxygens (including phenoxy) is 5. The van der Waals surface area contributed by atoms with E-state index in [4.69, 9.17) is 28.1 Å². The van der Waals surface area contributed by atoms with Crippen LogP contribution in [0.25, 0.3) is 0 Å². The van der Waals surface area contributed by atoms with Crippen LogP contribution in [0.4, 0.5) is 10.5 Å². The fourth-order valence-corrected chi connectivity index (χ4v) is 5.16. The van der Waals surface area contributed by atoms with E-state index in [9.17, 15) is 14.7 Å². The number of hydrogen-bond donors (Lipinski definition) is 2. The number of rotatable bonds is 19. The van der Waals surface area contributed by atoms with Crippen LogP contribution in [0, 0.1) is 5.92 Å². The lowest BCUT2D eigenvalue weighted by molar-refractivity contribution is 0.0546. The molecule has 1 fully saturated rings. The monoisotopic (exact) mass is 609 g/mol. The van der Waals surface area contributed by atoms with Crippen molar-refractivity contribution in [1.82, 2.24) is 0 Å². The summed E-state index contributed by atoms with van der Waals surface area (Å²) in [7, 11) is 3.23. The van der Waals surface area contributed by atoms with Crippen molar-refractivity contribution in [2.45, 2.75) is 44.1 Å². The molecule has 0 bridgehead atoms. The van der Waals surface area contributed by atoms with Gasteiger partial charge in [0.25, 0.3) is 0 Å². The molecule has 1 aliphatic carbocycles. The normalized spacial score (nSPS) is 13.6. The molecule has 2 aromatic carbocycles. The Bertz CT molecular complexity index is 1340. The third-order valence-corrected chi connectivity index (χ3v) is 7.58. The van der Waals surface area contributed by atoms with Crippen LogP contribution in [0.5, 0.6) is 5.75 Å². The van der Waals surface area contributed by atoms with Crippen molar-refractivity contribution >= 4 is 11.8 Å². The van der Waals surface area contributed by atoms with Gasteiger partial charge in [-0.3, -0.25) is 5.32 Å². The largest absolute Gasteiger partial charge is 0.507 e. The van der Waals surface area contributed by atoms with Crippen molar-refractivity contribution in [3.63, 3.8) is 0 Å². The van der Waals surface area contributed by atoms with Gasteiger partial charge in [-0.15, -0.1) is 0 Å². The average molecular weight is 610 g/mol. The van der Waals surface area contributed by atoms with Crippen LogP contribution in [-0.4, -0.2) is 65.1 Å². The number of amides is 1. The zero-order chi connectivity index (χ0) is 31.1. The summed E-state index contributed by atoms with van der Waals surface area (Å²) in [4.78, 5) is 26.0. The van der Waals surface area contributed by atoms with Gasteiger partial charge in [0.2, 0.25) is 0 Å². The van der Waals surface area contributed by atoms with Crippen molar-refractivity contribution in [3.8, 4) is 5.75 Å². The Morgan fingerprint density at radius 3 is 2.20 bits per heavy atom. The summed E-state index contributed by atoms with van der Waals surface area (Å²) < 4.78 is 32.7. The van der Waals surface area contributed by atoms with Crippen LogP contribution in [-0.2, 0) is 30.3 Å². The summed E-state index contributed by atoms with van der Waals surface area (Å²) in [5, 5.41) is 14.0. The van der Waals surface area contributed by atoms with Crippen LogP contribution in [0.2, 0.25) is 0 Å². The molecule has 2 N–H and O–H groups in total. The summed E-state index contributed by atoms with van der Waals surface area (Å²) in [5.74, 6) is -0.0984. The number of hydrogen-bond acceptors (Lipinski definition) is 9. The van der Waals surface area contributed by atoms with Crippen molar-refractivity contribution in [2.24, 2.45) is 5.92 Å². The lowest BCUT2D eigenvalue weighted by Crippen LogP contribution is -2.19. The summed E-state index contributed by atoms with van der Waals surface area (Å²) >= 11 is 0. The first kappa shape index (κ1) is 33.2. The van der Waals surface area contributed by atoms with Crippen LogP contribution in [0.1, 0.15) is 60.0 Å². The molecule has 1 amide bonds. The molecule has 238 valence electrons. The molecule has 3 aromatic rings. The molecule has 1 aliphatic rings. The Balaban J connectivity index is 1.49. The molecule has 4 rings (SSSR count). The molecule has 10 nitrogen and oxygen atoms in total. The summed E-state index contributed by atoms with van der Waals surface area (Å²) in [6.45, 7) is 2.94. The highest BCUT2D eigenvalue weighted by Gasteiger charge is 2.38. The first-order chi connectivity index (χ1) is 21.5. The molecule has 44 heavy (non-hydrogen) atoms. The highest BCUT2D eigenvalue weighted by molar-refractivity contribution is 5.84. The van der Waals surface area contributed by atoms with Crippen LogP contribution in [0.15, 0.2) is 69.9 Å². The summed E-state index contributed by atoms with van der Waals surface area (Å²) in [5.41, 5.74) is 1.89. The Kier molecular flexibility index (Phi) is 13.2. The minimum Gasteiger partial charge on any atom is -0.507 e. The molecule has 0 spiro atoms. The summed E-state index contributed by atoms with van der Waals surface area (Å²) in [6.07, 6.45) is 2.42. The quantitative estimate of drug-likeness (QED) is 0.162. The van der Waals surface area contributed by atoms with Gasteiger partial charge in [-0.25, -0.2) is 9.59 Å². The number of carbonyl (C=O) groups is 1. The lowest BCUT2D eigenvalue weighted by atomic mass is 9.86. The maximum absolute atomic E-state index is 13.5. The molecule has 10 heteroatoms. The van der Waals surface area contributed by atoms with E-state index in [1.54, 1.807) is 26.4 Å². The second-order valence-electron chi connectivity index (χ2n) is 10.8. The Hall–Kier alpha value is -3.70. The fraction of sp³-hybridized carbons (Fsp3) is 0.471. The van der Waals surface area contributed by atoms with E-state index < -0.39 is 11.7 Å². The molecule has 1 unspecified atom stereocenters. The molecular weight excluding hydrogens is 566 g/mol. The highest BCUT2D eigenvalue weighted by atomic mass is 16.5. The van der Waals surface area contributed by atoms with E-state index in [2.05, 4.69) is 5.32 Å². The first-order valence-corrected chi connectivity index (χ1v) is 15.1. The van der Waals surface area contributed by atoms with E-state index >= 15 is 0 Å². The average Bonchev–Trinajstić information content (AvgIpc) is 3.86. The number of nitrogens with one attached hydrogen (secondary N) is 1. The minimum atomic E-state index is -0.580. The zero-order valence-electron chi connectivity index (χ0n) is 25.5. The fourth-order valence-electron chi connectivity index (χ4n) is 5.16. The maximum Gasteiger partial charge on any atom is 0.411 e. The third kappa shape index (κ3) is 10.2. The molecule has 1 atom stereocenters. The van der Waals surface area contributed by atoms with Crippen LogP contribution in [0.3, 0.4) is 0 Å². The number of benzene rings is 2. The van der Waals surface area contributed by atoms with E-state index in [1.807, 2.05) is 48.5 Å². The van der Waals surface area contributed by atoms with E-state index in [-0.39, 0.29) is 35.7 Å². The molecule has 0 saturated heterocycles. The molecule has 0 aliphatic heterocycles. The van der Waals surface area contributed by atoms with Crippen molar-refractivity contribution in [3.05, 3.63) is 93.5 Å². The van der Waals surface area contributed by atoms with Crippen molar-refractivity contribution < 1.29 is 38.0 Å². The van der Waals surface area contributed by atoms with Gasteiger partial charge in [-0.05, 0) is 54.9 Å². The van der Waals surface area contributed by atoms with Gasteiger partial charge >= 0.3 is 11.7 Å². The van der Waals surface area contributed by atoms with E-state index in [0.29, 0.717) is 63.9 Å². The minimum absolute atomic E-state index is 0.0978. The van der Waals surface area contributed by atoms with E-state index in [1.165, 1.54) is 0 Å². The van der Waals surface area contributed by atoms with Crippen LogP contribution < -0.4 is 10.9 Å². The van der Waals surface area contributed by atoms with Crippen LogP contribution >= 0.6 is 0 Å². The third-order valence-electron chi connectivity index (χ3n) is 7.58. The van der Waals surface area contributed by atoms with Gasteiger partial charge in [0, 0.05) is 51.0 Å². The molecular formula is C34H43NO9. The van der Waals surface area contributed by atoms with Gasteiger partial charge < -0.3 is 33.2 Å². The van der Waals surface area contributed by atoms with Crippen molar-refractivity contribution in [2.75, 3.05) is 59.2 Å². The smallest absolute Gasteiger partial charge is 0.411 e. The molecule has 1 aromatic heterocycles. The number of methoxy groups -OCH3 is 2. The number of aromatic hydroxyl groups is 1. The summed E-state index contributed by atoms with van der Waals surface area (Å²) in [6, 6.07) is 18.3. The van der Waals surface area contributed by atoms with Gasteiger partial charge in [0.1, 0.15) is 18.1 Å². The van der Waals surface area contributed by atoms with Gasteiger partial charge in [0.05, 0.1) is 32.0 Å². The maximum atomic E-state index is 13.5. The topological polar surface area (TPSA) is 126 Å². The first-order valence-electron chi connectivity index (χ1n) is 15.1. The zero-order valence-corrected chi connectivity index (χ0v) is 25.5. The number of carbonyl (C=O) groups excluding carboxylic acids is 1. The van der Waals surface area contributed by atoms with Gasteiger partial charge in [0.15, 0.2) is 0 Å². The lowest BCUT2D eigenvalue weighted by Gasteiger charge is -2.21. The highest BCUT2D eigenvalue weighted by Crippen LogP contribution is 2.48. The second-order valence-corrected chi connectivity index (χ2v) is 10.8. The molecule has 0 radical (unpaired) electrons. The Labute approximate surface area is 258 Å². The second kappa shape index (κ2) is 17.6. The standard InChI is InChI=1S/C34H43NO9/c1-39-17-19-41-15-13-25(14-16-42-20-18-40-2)30-22-29(36)32(33(37)44-30)31(26-11-12-26)27-9-6-10-28(21-27)35-34(38)43-23-24-7-4-3-5-8-24/h3-10,21-22,25-26,31,36H,11-20,23H2,1-2H3,(H,35,38). The molecule has 1 saturated carbocycles. The van der Waals surface area contributed by atoms with Gasteiger partial charge in [-0.1, -0.05) is 42.5 Å². The predicted molar refractivity (Wildman–Crippen MR) is 165 cm³/mol. The Morgan fingerprint density at radius 2 is 1.59 bits per heavy atom. The van der Waals surface area contributed by atoms with Crippen molar-refractivity contribution in [1.29, 1.82) is 0 Å². The predicted octanol–water partition coefficient (Wildman–Crippen LogP) is 5.83. The molecule has 1 heterocycles. The van der Waals surface area contributed by atoms with E-state index in [0.717, 1.165) is 24.0 Å².